The van der Waals surface area contributed by atoms with Gasteiger partial charge in [0, 0.05) is 30.0 Å². The van der Waals surface area contributed by atoms with Gasteiger partial charge < -0.3 is 5.73 Å². The zero-order valence-electron chi connectivity index (χ0n) is 11.9. The van der Waals surface area contributed by atoms with Crippen LogP contribution in [0.15, 0.2) is 36.4 Å². The number of nitrogens with two attached hydrogens (primary N) is 1. The quantitative estimate of drug-likeness (QED) is 0.851. The van der Waals surface area contributed by atoms with Crippen LogP contribution >= 0.6 is 0 Å². The van der Waals surface area contributed by atoms with Crippen LogP contribution in [0.25, 0.3) is 0 Å². The number of halogens is 1. The highest BCUT2D eigenvalue weighted by Crippen LogP contribution is 2.15. The Bertz CT molecular complexity index is 584. The molecule has 3 nitrogen and oxygen atoms in total. The Morgan fingerprint density at radius 3 is 2.65 bits per heavy atom. The van der Waals surface area contributed by atoms with E-state index in [0.29, 0.717) is 24.3 Å². The average molecular weight is 273 g/mol. The van der Waals surface area contributed by atoms with Crippen LogP contribution in [0, 0.1) is 12.7 Å². The predicted octanol–water partition coefficient (Wildman–Crippen LogP) is 3.13. The topological polar surface area (TPSA) is 42.2 Å². The van der Waals surface area contributed by atoms with E-state index in [9.17, 15) is 4.39 Å². The van der Waals surface area contributed by atoms with Gasteiger partial charge in [-0.25, -0.2) is 4.39 Å². The van der Waals surface area contributed by atoms with Crippen molar-refractivity contribution in [3.63, 3.8) is 0 Å². The minimum atomic E-state index is -0.249. The summed E-state index contributed by atoms with van der Waals surface area (Å²) in [5.41, 5.74) is 8.68. The number of benzene rings is 1. The summed E-state index contributed by atoms with van der Waals surface area (Å²) < 4.78 is 13.8. The van der Waals surface area contributed by atoms with Crippen molar-refractivity contribution in [2.45, 2.75) is 26.9 Å². The van der Waals surface area contributed by atoms with Gasteiger partial charge in [0.05, 0.1) is 5.69 Å². The number of nitrogens with zero attached hydrogens (tertiary/aromatic N) is 2. The fraction of sp³-hybridized carbons (Fsp3) is 0.312. The lowest BCUT2D eigenvalue weighted by Crippen LogP contribution is -2.23. The molecule has 2 aromatic rings. The number of aryl methyl sites for hydroxylation is 1. The maximum atomic E-state index is 13.8. The summed E-state index contributed by atoms with van der Waals surface area (Å²) in [4.78, 5) is 6.63. The Labute approximate surface area is 119 Å². The molecule has 0 amide bonds. The number of rotatable bonds is 5. The second-order valence-corrected chi connectivity index (χ2v) is 4.92. The molecule has 0 atom stereocenters. The number of nitrogen functional groups attached to an aromatic ring is 1. The van der Waals surface area contributed by atoms with E-state index < -0.39 is 0 Å². The van der Waals surface area contributed by atoms with E-state index in [1.807, 2.05) is 25.1 Å². The zero-order valence-corrected chi connectivity index (χ0v) is 11.9. The van der Waals surface area contributed by atoms with E-state index >= 15 is 0 Å². The lowest BCUT2D eigenvalue weighted by Gasteiger charge is -2.20. The first-order chi connectivity index (χ1) is 9.58. The van der Waals surface area contributed by atoms with Crippen LogP contribution in [0.2, 0.25) is 0 Å². The number of hydrogen-bond donors (Lipinski definition) is 1. The van der Waals surface area contributed by atoms with Crippen LogP contribution in [0.5, 0.6) is 0 Å². The van der Waals surface area contributed by atoms with Gasteiger partial charge in [-0.15, -0.1) is 0 Å². The summed E-state index contributed by atoms with van der Waals surface area (Å²) in [6.45, 7) is 6.13. The molecule has 1 aromatic heterocycles. The molecule has 0 saturated carbocycles. The van der Waals surface area contributed by atoms with Gasteiger partial charge in [-0.2, -0.15) is 0 Å². The lowest BCUT2D eigenvalue weighted by atomic mass is 10.1. The predicted molar refractivity (Wildman–Crippen MR) is 79.6 cm³/mol. The molecule has 0 bridgehead atoms. The van der Waals surface area contributed by atoms with E-state index in [0.717, 1.165) is 17.9 Å². The Morgan fingerprint density at radius 1 is 1.20 bits per heavy atom. The van der Waals surface area contributed by atoms with E-state index in [1.165, 1.54) is 6.07 Å². The summed E-state index contributed by atoms with van der Waals surface area (Å²) in [6.07, 6.45) is 0. The molecule has 106 valence electrons. The first-order valence-corrected chi connectivity index (χ1v) is 6.77. The minimum absolute atomic E-state index is 0.249. The molecule has 4 heteroatoms. The highest BCUT2D eigenvalue weighted by atomic mass is 19.1. The van der Waals surface area contributed by atoms with Crippen LogP contribution < -0.4 is 5.73 Å². The van der Waals surface area contributed by atoms with Crippen molar-refractivity contribution in [2.75, 3.05) is 12.3 Å². The van der Waals surface area contributed by atoms with Crippen LogP contribution in [0.3, 0.4) is 0 Å². The summed E-state index contributed by atoms with van der Waals surface area (Å²) in [7, 11) is 0. The van der Waals surface area contributed by atoms with Crippen molar-refractivity contribution in [3.8, 4) is 0 Å². The Morgan fingerprint density at radius 2 is 2.00 bits per heavy atom. The standard InChI is InChI=1S/C16H20FN3/c1-3-20(11-15-6-4-5-12(2)19-15)10-13-7-8-14(18)9-16(13)17/h4-9H,3,10-11,18H2,1-2H3. The number of aromatic nitrogens is 1. The second kappa shape index (κ2) is 6.48. The van der Waals surface area contributed by atoms with Crippen LogP contribution in [-0.2, 0) is 13.1 Å². The highest BCUT2D eigenvalue weighted by Gasteiger charge is 2.09. The van der Waals surface area contributed by atoms with Crippen molar-refractivity contribution in [1.82, 2.24) is 9.88 Å². The zero-order chi connectivity index (χ0) is 14.5. The fourth-order valence-electron chi connectivity index (χ4n) is 2.13. The third-order valence-corrected chi connectivity index (χ3v) is 3.25. The van der Waals surface area contributed by atoms with Gasteiger partial charge in [-0.1, -0.05) is 19.1 Å². The smallest absolute Gasteiger partial charge is 0.129 e. The third kappa shape index (κ3) is 3.78. The highest BCUT2D eigenvalue weighted by molar-refractivity contribution is 5.40. The molecule has 0 aliphatic carbocycles. The van der Waals surface area contributed by atoms with E-state index in [2.05, 4.69) is 16.8 Å². The second-order valence-electron chi connectivity index (χ2n) is 4.92. The lowest BCUT2D eigenvalue weighted by molar-refractivity contribution is 0.264. The molecule has 2 rings (SSSR count). The van der Waals surface area contributed by atoms with E-state index in [4.69, 9.17) is 5.73 Å². The molecule has 1 aromatic carbocycles. The van der Waals surface area contributed by atoms with E-state index in [-0.39, 0.29) is 5.82 Å². The molecule has 0 fully saturated rings. The van der Waals surface area contributed by atoms with Crippen LogP contribution in [0.1, 0.15) is 23.9 Å². The molecular formula is C16H20FN3. The molecule has 2 N–H and O–H groups in total. The molecule has 0 radical (unpaired) electrons. The van der Waals surface area contributed by atoms with Gasteiger partial charge in [-0.05, 0) is 37.7 Å². The first-order valence-electron chi connectivity index (χ1n) is 6.77. The van der Waals surface area contributed by atoms with E-state index in [1.54, 1.807) is 12.1 Å². The molecule has 0 aliphatic heterocycles. The van der Waals surface area contributed by atoms with Crippen molar-refractivity contribution in [1.29, 1.82) is 0 Å². The molecule has 20 heavy (non-hydrogen) atoms. The maximum absolute atomic E-state index is 13.8. The SMILES string of the molecule is CCN(Cc1cccc(C)n1)Cc1ccc(N)cc1F. The molecule has 0 unspecified atom stereocenters. The summed E-state index contributed by atoms with van der Waals surface area (Å²) >= 11 is 0. The minimum Gasteiger partial charge on any atom is -0.399 e. The molecule has 0 aliphatic rings. The van der Waals surface area contributed by atoms with Crippen molar-refractivity contribution >= 4 is 5.69 Å². The van der Waals surface area contributed by atoms with Gasteiger partial charge in [0.1, 0.15) is 5.82 Å². The van der Waals surface area contributed by atoms with Crippen molar-refractivity contribution in [2.24, 2.45) is 0 Å². The Balaban J connectivity index is 2.09. The molecule has 0 saturated heterocycles. The summed E-state index contributed by atoms with van der Waals surface area (Å²) in [5.74, 6) is -0.249. The average Bonchev–Trinajstić information content (AvgIpc) is 2.41. The van der Waals surface area contributed by atoms with Gasteiger partial charge in [0.2, 0.25) is 0 Å². The molecule has 0 spiro atoms. The normalized spacial score (nSPS) is 11.0. The third-order valence-electron chi connectivity index (χ3n) is 3.25. The van der Waals surface area contributed by atoms with Gasteiger partial charge in [0.15, 0.2) is 0 Å². The monoisotopic (exact) mass is 273 g/mol. The Kier molecular flexibility index (Phi) is 4.69. The first kappa shape index (κ1) is 14.5. The van der Waals surface area contributed by atoms with Crippen molar-refractivity contribution in [3.05, 3.63) is 59.2 Å². The largest absolute Gasteiger partial charge is 0.399 e. The fourth-order valence-corrected chi connectivity index (χ4v) is 2.13. The van der Waals surface area contributed by atoms with Crippen LogP contribution in [0.4, 0.5) is 10.1 Å². The van der Waals surface area contributed by atoms with Crippen LogP contribution in [-0.4, -0.2) is 16.4 Å². The molecule has 1 heterocycles. The van der Waals surface area contributed by atoms with Gasteiger partial charge in [-0.3, -0.25) is 9.88 Å². The molecular weight excluding hydrogens is 253 g/mol. The van der Waals surface area contributed by atoms with Gasteiger partial charge in [0.25, 0.3) is 0 Å². The number of hydrogen-bond acceptors (Lipinski definition) is 3. The van der Waals surface area contributed by atoms with Crippen molar-refractivity contribution < 1.29 is 4.39 Å². The summed E-state index contributed by atoms with van der Waals surface area (Å²) in [5, 5.41) is 0. The maximum Gasteiger partial charge on any atom is 0.129 e. The van der Waals surface area contributed by atoms with Gasteiger partial charge >= 0.3 is 0 Å². The summed E-state index contributed by atoms with van der Waals surface area (Å²) in [6, 6.07) is 10.8. The Hall–Kier alpha value is -1.94. The number of anilines is 1. The number of pyridine rings is 1.